The van der Waals surface area contributed by atoms with Gasteiger partial charge in [-0.15, -0.1) is 11.3 Å². The minimum Gasteiger partial charge on any atom is -0.455 e. The first-order valence-electron chi connectivity index (χ1n) is 19.9. The van der Waals surface area contributed by atoms with Crippen molar-refractivity contribution in [2.24, 2.45) is 0 Å². The van der Waals surface area contributed by atoms with E-state index >= 15 is 0 Å². The summed E-state index contributed by atoms with van der Waals surface area (Å²) in [4.78, 5) is 0. The zero-order chi connectivity index (χ0) is 37.9. The molecule has 0 saturated heterocycles. The lowest BCUT2D eigenvalue weighted by Crippen LogP contribution is -1.91. The largest absolute Gasteiger partial charge is 0.455 e. The first-order chi connectivity index (χ1) is 28.8. The van der Waals surface area contributed by atoms with Crippen molar-refractivity contribution in [1.82, 2.24) is 0 Å². The van der Waals surface area contributed by atoms with Gasteiger partial charge in [-0.1, -0.05) is 164 Å². The SMILES string of the molecule is c1ccc2c(-c3c4ccccc4c(-c4ccc5c(c4)sc4cc(-c6ccc7c(c6)c6ccccc6c6c8ccccc8oc76)ccc45)c4ccccc34)cccc2c1. The van der Waals surface area contributed by atoms with Gasteiger partial charge in [0.05, 0.1) is 0 Å². The molecule has 2 heterocycles. The Labute approximate surface area is 337 Å². The highest BCUT2D eigenvalue weighted by Gasteiger charge is 2.20. The van der Waals surface area contributed by atoms with Crippen LogP contribution in [-0.2, 0) is 0 Å². The van der Waals surface area contributed by atoms with Crippen LogP contribution in [0.5, 0.6) is 0 Å². The number of hydrogen-bond donors (Lipinski definition) is 0. The van der Waals surface area contributed by atoms with Gasteiger partial charge in [0.25, 0.3) is 0 Å². The number of hydrogen-bond acceptors (Lipinski definition) is 2. The van der Waals surface area contributed by atoms with Gasteiger partial charge in [0.15, 0.2) is 0 Å². The van der Waals surface area contributed by atoms with E-state index in [2.05, 4.69) is 188 Å². The maximum Gasteiger partial charge on any atom is 0.143 e. The van der Waals surface area contributed by atoms with E-state index in [1.807, 2.05) is 17.4 Å². The molecule has 0 N–H and O–H groups in total. The summed E-state index contributed by atoms with van der Waals surface area (Å²) in [5.74, 6) is 0. The van der Waals surface area contributed by atoms with Crippen LogP contribution in [0.2, 0.25) is 0 Å². The third-order valence-corrected chi connectivity index (χ3v) is 13.5. The number of rotatable bonds is 3. The van der Waals surface area contributed by atoms with Crippen molar-refractivity contribution in [3.8, 4) is 33.4 Å². The Hall–Kier alpha value is -7.26. The topological polar surface area (TPSA) is 13.1 Å². The highest BCUT2D eigenvalue weighted by Crippen LogP contribution is 2.47. The number of thiophene rings is 1. The molecule has 0 aliphatic carbocycles. The molecule has 1 nitrogen and oxygen atoms in total. The normalized spacial score (nSPS) is 12.1. The van der Waals surface area contributed by atoms with E-state index in [1.54, 1.807) is 0 Å². The van der Waals surface area contributed by atoms with Gasteiger partial charge in [0.1, 0.15) is 11.2 Å². The molecule has 0 amide bonds. The fraction of sp³-hybridized carbons (Fsp3) is 0. The van der Waals surface area contributed by atoms with Gasteiger partial charge >= 0.3 is 0 Å². The van der Waals surface area contributed by atoms with E-state index in [0.717, 1.165) is 21.9 Å². The highest BCUT2D eigenvalue weighted by molar-refractivity contribution is 7.25. The van der Waals surface area contributed by atoms with Gasteiger partial charge in [0.2, 0.25) is 0 Å². The first-order valence-corrected chi connectivity index (χ1v) is 20.7. The Bertz CT molecular complexity index is 3800. The Morgan fingerprint density at radius 2 is 0.828 bits per heavy atom. The lowest BCUT2D eigenvalue weighted by Gasteiger charge is -2.18. The molecule has 13 rings (SSSR count). The fourth-order valence-corrected chi connectivity index (χ4v) is 11.1. The van der Waals surface area contributed by atoms with Gasteiger partial charge in [-0.3, -0.25) is 0 Å². The van der Waals surface area contributed by atoms with Crippen LogP contribution in [-0.4, -0.2) is 0 Å². The van der Waals surface area contributed by atoms with Crippen molar-refractivity contribution in [3.63, 3.8) is 0 Å². The molecule has 0 aliphatic rings. The number of furan rings is 1. The number of fused-ring (bicyclic) bond motifs is 14. The second-order valence-corrected chi connectivity index (χ2v) is 16.6. The third kappa shape index (κ3) is 4.52. The summed E-state index contributed by atoms with van der Waals surface area (Å²) in [7, 11) is 0. The molecule has 13 aromatic rings. The van der Waals surface area contributed by atoms with Crippen LogP contribution in [0.4, 0.5) is 0 Å². The predicted molar refractivity (Wildman–Crippen MR) is 250 cm³/mol. The van der Waals surface area contributed by atoms with E-state index in [4.69, 9.17) is 4.42 Å². The lowest BCUT2D eigenvalue weighted by molar-refractivity contribution is 0.673. The minimum atomic E-state index is 0.928. The van der Waals surface area contributed by atoms with Crippen molar-refractivity contribution in [2.75, 3.05) is 0 Å². The van der Waals surface area contributed by atoms with Crippen molar-refractivity contribution in [2.45, 2.75) is 0 Å². The van der Waals surface area contributed by atoms with E-state index in [-0.39, 0.29) is 0 Å². The van der Waals surface area contributed by atoms with Crippen LogP contribution in [0.3, 0.4) is 0 Å². The predicted octanol–water partition coefficient (Wildman–Crippen LogP) is 16.7. The quantitative estimate of drug-likeness (QED) is 0.129. The van der Waals surface area contributed by atoms with Crippen LogP contribution in [0.1, 0.15) is 0 Å². The standard InChI is InChI=1S/C56H32OS/c1-2-14-37-33(12-1)13-11-22-41(37)54-45-19-7-5-17-43(45)53(44-18-6-8-20-46(44)54)36-26-28-40-39-27-24-35(31-51(39)58-52(40)32-36)34-25-29-47-49(30-34)38-15-3-4-16-42(38)55-48-21-9-10-23-50(48)57-56(47)55/h1-32H. The van der Waals surface area contributed by atoms with E-state index in [9.17, 15) is 0 Å². The first kappa shape index (κ1) is 31.9. The summed E-state index contributed by atoms with van der Waals surface area (Å²) in [6.07, 6.45) is 0. The van der Waals surface area contributed by atoms with Crippen molar-refractivity contribution in [3.05, 3.63) is 194 Å². The maximum absolute atomic E-state index is 6.54. The van der Waals surface area contributed by atoms with E-state index in [1.165, 1.54) is 107 Å². The molecule has 268 valence electrons. The fourth-order valence-electron chi connectivity index (χ4n) is 9.87. The summed E-state index contributed by atoms with van der Waals surface area (Å²) >= 11 is 1.89. The molecule has 11 aromatic carbocycles. The molecule has 2 heteroatoms. The summed E-state index contributed by atoms with van der Waals surface area (Å²) in [5, 5.41) is 17.4. The molecule has 0 bridgehead atoms. The molecule has 0 atom stereocenters. The van der Waals surface area contributed by atoms with Crippen LogP contribution in [0.15, 0.2) is 199 Å². The second kappa shape index (κ2) is 12.1. The molecule has 0 radical (unpaired) electrons. The maximum atomic E-state index is 6.54. The summed E-state index contributed by atoms with van der Waals surface area (Å²) in [6.45, 7) is 0. The average molecular weight is 753 g/mol. The van der Waals surface area contributed by atoms with Gasteiger partial charge in [0, 0.05) is 36.3 Å². The van der Waals surface area contributed by atoms with Crippen LogP contribution < -0.4 is 0 Å². The molecule has 0 fully saturated rings. The van der Waals surface area contributed by atoms with Crippen molar-refractivity contribution in [1.29, 1.82) is 0 Å². The zero-order valence-corrected chi connectivity index (χ0v) is 32.1. The van der Waals surface area contributed by atoms with Crippen LogP contribution in [0.25, 0.3) is 129 Å². The Morgan fingerprint density at radius 1 is 0.310 bits per heavy atom. The van der Waals surface area contributed by atoms with Gasteiger partial charge in [-0.25, -0.2) is 0 Å². The second-order valence-electron chi connectivity index (χ2n) is 15.5. The summed E-state index contributed by atoms with van der Waals surface area (Å²) in [5.41, 5.74) is 9.42. The Balaban J connectivity index is 0.977. The molecular weight excluding hydrogens is 721 g/mol. The molecule has 0 spiro atoms. The van der Waals surface area contributed by atoms with Crippen LogP contribution in [0, 0.1) is 0 Å². The lowest BCUT2D eigenvalue weighted by atomic mass is 9.84. The molecule has 2 aromatic heterocycles. The van der Waals surface area contributed by atoms with Gasteiger partial charge in [-0.05, 0) is 112 Å². The van der Waals surface area contributed by atoms with Crippen molar-refractivity contribution >= 4 is 107 Å². The van der Waals surface area contributed by atoms with Gasteiger partial charge < -0.3 is 4.42 Å². The monoisotopic (exact) mass is 752 g/mol. The minimum absolute atomic E-state index is 0.928. The molecule has 58 heavy (non-hydrogen) atoms. The molecule has 0 aliphatic heterocycles. The highest BCUT2D eigenvalue weighted by atomic mass is 32.1. The Morgan fingerprint density at radius 3 is 1.55 bits per heavy atom. The number of para-hydroxylation sites is 1. The van der Waals surface area contributed by atoms with Crippen LogP contribution >= 0.6 is 11.3 Å². The Kier molecular flexibility index (Phi) is 6.66. The summed E-state index contributed by atoms with van der Waals surface area (Å²) in [6, 6.07) is 71.5. The zero-order valence-electron chi connectivity index (χ0n) is 31.3. The smallest absolute Gasteiger partial charge is 0.143 e. The third-order valence-electron chi connectivity index (χ3n) is 12.4. The van der Waals surface area contributed by atoms with Crippen molar-refractivity contribution < 1.29 is 4.42 Å². The molecule has 0 saturated carbocycles. The van der Waals surface area contributed by atoms with E-state index in [0.29, 0.717) is 0 Å². The van der Waals surface area contributed by atoms with Gasteiger partial charge in [-0.2, -0.15) is 0 Å². The summed E-state index contributed by atoms with van der Waals surface area (Å²) < 4.78 is 9.14. The molecular formula is C56H32OS. The average Bonchev–Trinajstić information content (AvgIpc) is 3.86. The number of benzene rings is 11. The molecule has 0 unspecified atom stereocenters. The van der Waals surface area contributed by atoms with E-state index < -0.39 is 0 Å².